The van der Waals surface area contributed by atoms with Crippen LogP contribution in [0.2, 0.25) is 0 Å². The highest BCUT2D eigenvalue weighted by atomic mass is 16.5. The van der Waals surface area contributed by atoms with Gasteiger partial charge in [-0.3, -0.25) is 4.79 Å². The molecule has 1 unspecified atom stereocenters. The van der Waals surface area contributed by atoms with E-state index in [1.54, 1.807) is 0 Å². The Morgan fingerprint density at radius 2 is 2.20 bits per heavy atom. The molecule has 1 aliphatic rings. The summed E-state index contributed by atoms with van der Waals surface area (Å²) in [6, 6.07) is 7.45. The van der Waals surface area contributed by atoms with Crippen LogP contribution in [0.1, 0.15) is 44.6 Å². The Labute approximate surface area is 120 Å². The molecule has 1 aromatic rings. The summed E-state index contributed by atoms with van der Waals surface area (Å²) in [6.07, 6.45) is 5.47. The second-order valence-electron chi connectivity index (χ2n) is 5.39. The molecule has 0 aromatic heterocycles. The second-order valence-corrected chi connectivity index (χ2v) is 5.39. The maximum atomic E-state index is 11.8. The van der Waals surface area contributed by atoms with Gasteiger partial charge in [0.05, 0.1) is 12.1 Å². The van der Waals surface area contributed by atoms with E-state index in [0.717, 1.165) is 30.6 Å². The highest BCUT2D eigenvalue weighted by molar-refractivity contribution is 5.81. The molecule has 0 heterocycles. The predicted molar refractivity (Wildman–Crippen MR) is 79.4 cm³/mol. The first kappa shape index (κ1) is 14.9. The molecule has 1 aliphatic carbocycles. The number of nitrogens with two attached hydrogens (primary N) is 1. The summed E-state index contributed by atoms with van der Waals surface area (Å²) >= 11 is 0. The zero-order chi connectivity index (χ0) is 14.4. The summed E-state index contributed by atoms with van der Waals surface area (Å²) in [7, 11) is 0. The van der Waals surface area contributed by atoms with Gasteiger partial charge in [0.15, 0.2) is 0 Å². The van der Waals surface area contributed by atoms with E-state index in [9.17, 15) is 4.79 Å². The van der Waals surface area contributed by atoms with Gasteiger partial charge < -0.3 is 15.8 Å². The van der Waals surface area contributed by atoms with Crippen LogP contribution in [0.15, 0.2) is 24.3 Å². The van der Waals surface area contributed by atoms with Crippen molar-refractivity contribution in [1.29, 1.82) is 0 Å². The van der Waals surface area contributed by atoms with Crippen molar-refractivity contribution in [3.05, 3.63) is 29.8 Å². The Kier molecular flexibility index (Phi) is 5.41. The van der Waals surface area contributed by atoms with E-state index in [2.05, 4.69) is 5.32 Å². The Balaban J connectivity index is 1.89. The van der Waals surface area contributed by atoms with Gasteiger partial charge in [0.2, 0.25) is 5.91 Å². The lowest BCUT2D eigenvalue weighted by Crippen LogP contribution is -2.40. The summed E-state index contributed by atoms with van der Waals surface area (Å²) in [5.74, 6) is 0.784. The Morgan fingerprint density at radius 3 is 2.85 bits per heavy atom. The van der Waals surface area contributed by atoms with Crippen molar-refractivity contribution >= 4 is 5.91 Å². The molecular formula is C16H24N2O2. The maximum Gasteiger partial charge on any atom is 0.237 e. The largest absolute Gasteiger partial charge is 0.490 e. The van der Waals surface area contributed by atoms with Gasteiger partial charge in [-0.15, -0.1) is 0 Å². The molecule has 110 valence electrons. The number of para-hydroxylation sites is 1. The summed E-state index contributed by atoms with van der Waals surface area (Å²) in [5.41, 5.74) is 6.81. The van der Waals surface area contributed by atoms with Crippen molar-refractivity contribution in [2.75, 3.05) is 0 Å². The third kappa shape index (κ3) is 3.97. The quantitative estimate of drug-likeness (QED) is 0.803. The fourth-order valence-corrected chi connectivity index (χ4v) is 2.19. The molecule has 0 spiro atoms. The molecule has 0 radical (unpaired) electrons. The first-order valence-electron chi connectivity index (χ1n) is 7.48. The smallest absolute Gasteiger partial charge is 0.237 e. The van der Waals surface area contributed by atoms with Gasteiger partial charge in [0, 0.05) is 12.1 Å². The summed E-state index contributed by atoms with van der Waals surface area (Å²) in [5, 5.41) is 2.89. The SMILES string of the molecule is CCCC(N)C(=O)NCc1ccccc1OC1CCC1. The van der Waals surface area contributed by atoms with Crippen LogP contribution < -0.4 is 15.8 Å². The highest BCUT2D eigenvalue weighted by Crippen LogP contribution is 2.27. The average Bonchev–Trinajstić information content (AvgIpc) is 2.41. The Morgan fingerprint density at radius 1 is 1.45 bits per heavy atom. The van der Waals surface area contributed by atoms with Gasteiger partial charge in [0.25, 0.3) is 0 Å². The van der Waals surface area contributed by atoms with Crippen molar-refractivity contribution in [3.8, 4) is 5.75 Å². The van der Waals surface area contributed by atoms with Crippen LogP contribution in [0.4, 0.5) is 0 Å². The van der Waals surface area contributed by atoms with Crippen molar-refractivity contribution < 1.29 is 9.53 Å². The zero-order valence-electron chi connectivity index (χ0n) is 12.1. The van der Waals surface area contributed by atoms with E-state index < -0.39 is 6.04 Å². The van der Waals surface area contributed by atoms with Gasteiger partial charge in [-0.1, -0.05) is 31.5 Å². The normalized spacial score (nSPS) is 16.3. The van der Waals surface area contributed by atoms with Gasteiger partial charge in [0.1, 0.15) is 5.75 Å². The molecule has 1 atom stereocenters. The summed E-state index contributed by atoms with van der Waals surface area (Å²) in [6.45, 7) is 2.49. The number of hydrogen-bond donors (Lipinski definition) is 2. The van der Waals surface area contributed by atoms with Crippen molar-refractivity contribution in [2.45, 2.75) is 57.7 Å². The molecule has 1 amide bonds. The van der Waals surface area contributed by atoms with Crippen LogP contribution in [-0.2, 0) is 11.3 Å². The van der Waals surface area contributed by atoms with Crippen LogP contribution >= 0.6 is 0 Å². The molecule has 1 fully saturated rings. The Hall–Kier alpha value is -1.55. The minimum absolute atomic E-state index is 0.0923. The minimum Gasteiger partial charge on any atom is -0.490 e. The number of rotatable bonds is 7. The second kappa shape index (κ2) is 7.29. The van der Waals surface area contributed by atoms with Gasteiger partial charge >= 0.3 is 0 Å². The third-order valence-electron chi connectivity index (χ3n) is 3.71. The van der Waals surface area contributed by atoms with Crippen LogP contribution in [0.25, 0.3) is 0 Å². The average molecular weight is 276 g/mol. The number of carbonyl (C=O) groups excluding carboxylic acids is 1. The van der Waals surface area contributed by atoms with E-state index in [0.29, 0.717) is 19.1 Å². The molecule has 4 heteroatoms. The Bertz CT molecular complexity index is 444. The zero-order valence-corrected chi connectivity index (χ0v) is 12.1. The molecule has 1 aromatic carbocycles. The van der Waals surface area contributed by atoms with Crippen molar-refractivity contribution in [3.63, 3.8) is 0 Å². The number of nitrogens with one attached hydrogen (secondary N) is 1. The lowest BCUT2D eigenvalue weighted by Gasteiger charge is -2.27. The van der Waals surface area contributed by atoms with Crippen molar-refractivity contribution in [1.82, 2.24) is 5.32 Å². The summed E-state index contributed by atoms with van der Waals surface area (Å²) in [4.78, 5) is 11.8. The molecule has 3 N–H and O–H groups in total. The molecular weight excluding hydrogens is 252 g/mol. The molecule has 20 heavy (non-hydrogen) atoms. The number of amides is 1. The first-order valence-corrected chi connectivity index (χ1v) is 7.48. The van der Waals surface area contributed by atoms with Crippen LogP contribution in [0, 0.1) is 0 Å². The minimum atomic E-state index is -0.417. The van der Waals surface area contributed by atoms with Crippen LogP contribution in [0.3, 0.4) is 0 Å². The molecule has 2 rings (SSSR count). The number of hydrogen-bond acceptors (Lipinski definition) is 3. The molecule has 1 saturated carbocycles. The highest BCUT2D eigenvalue weighted by Gasteiger charge is 2.20. The molecule has 0 aliphatic heterocycles. The van der Waals surface area contributed by atoms with Crippen molar-refractivity contribution in [2.24, 2.45) is 5.73 Å². The topological polar surface area (TPSA) is 64.4 Å². The van der Waals surface area contributed by atoms with Crippen LogP contribution in [-0.4, -0.2) is 18.1 Å². The summed E-state index contributed by atoms with van der Waals surface area (Å²) < 4.78 is 5.94. The van der Waals surface area contributed by atoms with E-state index in [-0.39, 0.29) is 5.91 Å². The lowest BCUT2D eigenvalue weighted by molar-refractivity contribution is -0.122. The van der Waals surface area contributed by atoms with E-state index in [4.69, 9.17) is 10.5 Å². The van der Waals surface area contributed by atoms with Gasteiger partial charge in [-0.25, -0.2) is 0 Å². The third-order valence-corrected chi connectivity index (χ3v) is 3.71. The van der Waals surface area contributed by atoms with E-state index in [1.165, 1.54) is 6.42 Å². The monoisotopic (exact) mass is 276 g/mol. The fraction of sp³-hybridized carbons (Fsp3) is 0.562. The molecule has 0 saturated heterocycles. The van der Waals surface area contributed by atoms with Crippen LogP contribution in [0.5, 0.6) is 5.75 Å². The predicted octanol–water partition coefficient (Wildman–Crippen LogP) is 2.36. The molecule has 4 nitrogen and oxygen atoms in total. The van der Waals surface area contributed by atoms with E-state index in [1.807, 2.05) is 31.2 Å². The van der Waals surface area contributed by atoms with Gasteiger partial charge in [-0.05, 0) is 31.7 Å². The first-order chi connectivity index (χ1) is 9.70. The van der Waals surface area contributed by atoms with Gasteiger partial charge in [-0.2, -0.15) is 0 Å². The van der Waals surface area contributed by atoms with E-state index >= 15 is 0 Å². The maximum absolute atomic E-state index is 11.8. The number of benzene rings is 1. The lowest BCUT2D eigenvalue weighted by atomic mass is 9.96. The fourth-order valence-electron chi connectivity index (χ4n) is 2.19. The standard InChI is InChI=1S/C16H24N2O2/c1-2-6-14(17)16(19)18-11-12-7-3-4-10-15(12)20-13-8-5-9-13/h3-4,7,10,13-14H,2,5-6,8-9,11,17H2,1H3,(H,18,19). The molecule has 0 bridgehead atoms. The number of ether oxygens (including phenoxy) is 1. The number of carbonyl (C=O) groups is 1.